The van der Waals surface area contributed by atoms with Crippen LogP contribution < -0.4 is 0 Å². The van der Waals surface area contributed by atoms with Crippen molar-refractivity contribution >= 4 is 11.6 Å². The Hall–Kier alpha value is -0.740. The number of nitrogens with zero attached hydrogens (tertiary/aromatic N) is 1. The molecule has 5 heteroatoms. The van der Waals surface area contributed by atoms with Crippen LogP contribution in [0.1, 0.15) is 17.7 Å². The molecule has 1 aromatic heterocycles. The first-order valence-corrected chi connectivity index (χ1v) is 3.57. The third kappa shape index (κ3) is 1.70. The summed E-state index contributed by atoms with van der Waals surface area (Å²) in [6.07, 6.45) is -1.51. The van der Waals surface area contributed by atoms with Crippen LogP contribution in [-0.4, -0.2) is 10.1 Å². The molecular weight excluding hydrogens is 188 g/mol. The van der Waals surface area contributed by atoms with Gasteiger partial charge in [-0.15, -0.1) is 0 Å². The molecule has 0 amide bonds. The van der Waals surface area contributed by atoms with Crippen LogP contribution in [0.15, 0.2) is 12.3 Å². The van der Waals surface area contributed by atoms with Crippen LogP contribution in [0, 0.1) is 0 Å². The molecule has 1 rings (SSSR count). The largest absolute Gasteiger partial charge is 0.392 e. The van der Waals surface area contributed by atoms with Crippen molar-refractivity contribution in [3.05, 3.63) is 28.5 Å². The Labute approximate surface area is 72.8 Å². The summed E-state index contributed by atoms with van der Waals surface area (Å²) in [7, 11) is 0. The van der Waals surface area contributed by atoms with Crippen LogP contribution in [-0.2, 0) is 6.61 Å². The molecule has 0 aliphatic heterocycles. The summed E-state index contributed by atoms with van der Waals surface area (Å²) in [5.74, 6) is 0. The van der Waals surface area contributed by atoms with Gasteiger partial charge in [0.25, 0.3) is 6.43 Å². The quantitative estimate of drug-likeness (QED) is 0.781. The van der Waals surface area contributed by atoms with E-state index in [4.69, 9.17) is 16.7 Å². The van der Waals surface area contributed by atoms with Crippen molar-refractivity contribution in [2.24, 2.45) is 0 Å². The Morgan fingerprint density at radius 3 is 2.75 bits per heavy atom. The zero-order valence-electron chi connectivity index (χ0n) is 5.97. The number of halogens is 3. The fraction of sp³-hybridized carbons (Fsp3) is 0.286. The van der Waals surface area contributed by atoms with E-state index in [1.807, 2.05) is 0 Å². The summed E-state index contributed by atoms with van der Waals surface area (Å²) in [5.41, 5.74) is -0.217. The first-order chi connectivity index (χ1) is 5.66. The second kappa shape index (κ2) is 3.78. The van der Waals surface area contributed by atoms with Gasteiger partial charge < -0.3 is 5.11 Å². The van der Waals surface area contributed by atoms with Gasteiger partial charge >= 0.3 is 0 Å². The van der Waals surface area contributed by atoms with Crippen LogP contribution in [0.4, 0.5) is 8.78 Å². The SMILES string of the molecule is OCc1ccnc(C(F)F)c1Cl. The van der Waals surface area contributed by atoms with Crippen molar-refractivity contribution in [2.75, 3.05) is 0 Å². The molecule has 12 heavy (non-hydrogen) atoms. The lowest BCUT2D eigenvalue weighted by molar-refractivity contribution is 0.146. The molecule has 0 aromatic carbocycles. The molecule has 1 N–H and O–H groups in total. The number of hydrogen-bond donors (Lipinski definition) is 1. The molecule has 66 valence electrons. The van der Waals surface area contributed by atoms with Gasteiger partial charge in [0.2, 0.25) is 0 Å². The first-order valence-electron chi connectivity index (χ1n) is 3.19. The Balaban J connectivity index is 3.14. The Bertz CT molecular complexity index is 280. The standard InChI is InChI=1S/C7H6ClF2NO/c8-5-4(3-12)1-2-11-6(5)7(9)10/h1-2,7,12H,3H2. The van der Waals surface area contributed by atoms with E-state index in [-0.39, 0.29) is 17.2 Å². The highest BCUT2D eigenvalue weighted by Gasteiger charge is 2.15. The number of pyridine rings is 1. The zero-order chi connectivity index (χ0) is 9.14. The minimum Gasteiger partial charge on any atom is -0.392 e. The number of hydrogen-bond acceptors (Lipinski definition) is 2. The summed E-state index contributed by atoms with van der Waals surface area (Å²) >= 11 is 5.50. The van der Waals surface area contributed by atoms with Gasteiger partial charge in [0, 0.05) is 6.20 Å². The second-order valence-corrected chi connectivity index (χ2v) is 2.51. The Morgan fingerprint density at radius 1 is 1.58 bits per heavy atom. The highest BCUT2D eigenvalue weighted by atomic mass is 35.5. The fourth-order valence-corrected chi connectivity index (χ4v) is 1.03. The number of rotatable bonds is 2. The maximum Gasteiger partial charge on any atom is 0.281 e. The second-order valence-electron chi connectivity index (χ2n) is 2.13. The van der Waals surface area contributed by atoms with Gasteiger partial charge in [-0.05, 0) is 11.6 Å². The van der Waals surface area contributed by atoms with Gasteiger partial charge in [-0.1, -0.05) is 11.6 Å². The molecular formula is C7H6ClF2NO. The van der Waals surface area contributed by atoms with E-state index < -0.39 is 12.1 Å². The van der Waals surface area contributed by atoms with Crippen LogP contribution in [0.5, 0.6) is 0 Å². The summed E-state index contributed by atoms with van der Waals surface area (Å²) in [6.45, 7) is -0.360. The third-order valence-corrected chi connectivity index (χ3v) is 1.81. The van der Waals surface area contributed by atoms with Gasteiger partial charge in [0.05, 0.1) is 11.6 Å². The molecule has 0 fully saturated rings. The topological polar surface area (TPSA) is 33.1 Å². The molecule has 0 aliphatic rings. The summed E-state index contributed by atoms with van der Waals surface area (Å²) in [5, 5.41) is 8.51. The number of aromatic nitrogens is 1. The molecule has 0 saturated heterocycles. The van der Waals surface area contributed by atoms with Gasteiger partial charge in [0.15, 0.2) is 0 Å². The van der Waals surface area contributed by atoms with E-state index in [0.717, 1.165) is 0 Å². The van der Waals surface area contributed by atoms with Gasteiger partial charge in [0.1, 0.15) is 5.69 Å². The zero-order valence-corrected chi connectivity index (χ0v) is 6.72. The molecule has 1 aromatic rings. The van der Waals surface area contributed by atoms with Crippen molar-refractivity contribution < 1.29 is 13.9 Å². The normalized spacial score (nSPS) is 10.8. The molecule has 0 saturated carbocycles. The third-order valence-electron chi connectivity index (χ3n) is 1.37. The van der Waals surface area contributed by atoms with E-state index in [1.165, 1.54) is 12.3 Å². The number of aliphatic hydroxyl groups excluding tert-OH is 1. The lowest BCUT2D eigenvalue weighted by Gasteiger charge is -2.04. The van der Waals surface area contributed by atoms with E-state index in [9.17, 15) is 8.78 Å². The number of aliphatic hydroxyl groups is 1. The lowest BCUT2D eigenvalue weighted by Crippen LogP contribution is -1.95. The molecule has 0 spiro atoms. The van der Waals surface area contributed by atoms with Gasteiger partial charge in [-0.2, -0.15) is 0 Å². The van der Waals surface area contributed by atoms with E-state index >= 15 is 0 Å². The van der Waals surface area contributed by atoms with Crippen molar-refractivity contribution in [3.63, 3.8) is 0 Å². The van der Waals surface area contributed by atoms with Crippen molar-refractivity contribution in [1.29, 1.82) is 0 Å². The highest BCUT2D eigenvalue weighted by Crippen LogP contribution is 2.27. The minimum atomic E-state index is -2.70. The lowest BCUT2D eigenvalue weighted by atomic mass is 10.2. The molecule has 0 radical (unpaired) electrons. The van der Waals surface area contributed by atoms with Crippen molar-refractivity contribution in [2.45, 2.75) is 13.0 Å². The summed E-state index contributed by atoms with van der Waals surface area (Å²) in [6, 6.07) is 1.40. The molecule has 0 atom stereocenters. The van der Waals surface area contributed by atoms with E-state index in [0.29, 0.717) is 0 Å². The molecule has 1 heterocycles. The van der Waals surface area contributed by atoms with Crippen LogP contribution in [0.25, 0.3) is 0 Å². The predicted molar refractivity (Wildman–Crippen MR) is 40.1 cm³/mol. The molecule has 0 unspecified atom stereocenters. The average Bonchev–Trinajstić information content (AvgIpc) is 2.04. The van der Waals surface area contributed by atoms with Crippen molar-refractivity contribution in [3.8, 4) is 0 Å². The summed E-state index contributed by atoms with van der Waals surface area (Å²) < 4.78 is 24.2. The van der Waals surface area contributed by atoms with Gasteiger partial charge in [-0.3, -0.25) is 4.98 Å². The fourth-order valence-electron chi connectivity index (χ4n) is 0.776. The molecule has 0 aliphatic carbocycles. The van der Waals surface area contributed by atoms with Crippen LogP contribution in [0.2, 0.25) is 5.02 Å². The van der Waals surface area contributed by atoms with Crippen molar-refractivity contribution in [1.82, 2.24) is 4.98 Å². The summed E-state index contributed by atoms with van der Waals surface area (Å²) in [4.78, 5) is 3.39. The number of alkyl halides is 2. The maximum absolute atomic E-state index is 12.1. The Morgan fingerprint density at radius 2 is 2.25 bits per heavy atom. The average molecular weight is 194 g/mol. The van der Waals surface area contributed by atoms with Crippen LogP contribution >= 0.6 is 11.6 Å². The van der Waals surface area contributed by atoms with Crippen LogP contribution in [0.3, 0.4) is 0 Å². The molecule has 2 nitrogen and oxygen atoms in total. The maximum atomic E-state index is 12.1. The van der Waals surface area contributed by atoms with E-state index in [1.54, 1.807) is 0 Å². The Kier molecular flexibility index (Phi) is 2.94. The molecule has 0 bridgehead atoms. The smallest absolute Gasteiger partial charge is 0.281 e. The highest BCUT2D eigenvalue weighted by molar-refractivity contribution is 6.32. The van der Waals surface area contributed by atoms with Gasteiger partial charge in [-0.25, -0.2) is 8.78 Å². The monoisotopic (exact) mass is 193 g/mol. The minimum absolute atomic E-state index is 0.157. The van der Waals surface area contributed by atoms with E-state index in [2.05, 4.69) is 4.98 Å². The predicted octanol–water partition coefficient (Wildman–Crippen LogP) is 2.16. The first kappa shape index (κ1) is 9.35.